The van der Waals surface area contributed by atoms with E-state index in [-0.39, 0.29) is 18.4 Å². The first-order chi connectivity index (χ1) is 15.1. The van der Waals surface area contributed by atoms with E-state index in [4.69, 9.17) is 9.47 Å². The molecule has 7 heteroatoms. The third-order valence-electron chi connectivity index (χ3n) is 4.96. The Morgan fingerprint density at radius 3 is 2.61 bits per heavy atom. The van der Waals surface area contributed by atoms with Crippen molar-refractivity contribution in [2.75, 3.05) is 6.61 Å². The largest absolute Gasteiger partial charge is 0.485 e. The van der Waals surface area contributed by atoms with Gasteiger partial charge in [0.15, 0.2) is 6.61 Å². The lowest BCUT2D eigenvalue weighted by Gasteiger charge is -2.10. The zero-order valence-electron chi connectivity index (χ0n) is 17.4. The summed E-state index contributed by atoms with van der Waals surface area (Å²) in [7, 11) is 0. The highest BCUT2D eigenvalue weighted by Gasteiger charge is 2.16. The zero-order valence-corrected chi connectivity index (χ0v) is 18.3. The van der Waals surface area contributed by atoms with Crippen LogP contribution in [0.3, 0.4) is 0 Å². The van der Waals surface area contributed by atoms with Gasteiger partial charge in [-0.25, -0.2) is 9.97 Å². The molecule has 0 atom stereocenters. The lowest BCUT2D eigenvalue weighted by atomic mass is 10.1. The Labute approximate surface area is 185 Å². The molecule has 0 aliphatic carbocycles. The monoisotopic (exact) mass is 433 g/mol. The van der Waals surface area contributed by atoms with Crippen LogP contribution in [-0.2, 0) is 13.0 Å². The summed E-state index contributed by atoms with van der Waals surface area (Å²) in [5.74, 6) is 1.05. The number of carbonyl (C=O) groups is 1. The van der Waals surface area contributed by atoms with Gasteiger partial charge in [-0.15, -0.1) is 11.3 Å². The molecule has 4 rings (SSSR count). The van der Waals surface area contributed by atoms with Crippen LogP contribution in [0.2, 0.25) is 0 Å². The first kappa shape index (κ1) is 20.8. The van der Waals surface area contributed by atoms with Crippen molar-refractivity contribution in [3.63, 3.8) is 0 Å². The SMILES string of the molecule is Cc1cc(C(=O)COc2cccc(Oc3ncccn3)c2)c(C)n1CCc1cccs1. The third kappa shape index (κ3) is 5.19. The summed E-state index contributed by atoms with van der Waals surface area (Å²) in [6.45, 7) is 4.84. The number of Topliss-reactive ketones (excluding diaryl/α,β-unsaturated/α-hetero) is 1. The van der Waals surface area contributed by atoms with Gasteiger partial charge in [0, 0.05) is 46.8 Å². The fourth-order valence-corrected chi connectivity index (χ4v) is 4.10. The highest BCUT2D eigenvalue weighted by Crippen LogP contribution is 2.24. The number of hydrogen-bond acceptors (Lipinski definition) is 6. The highest BCUT2D eigenvalue weighted by atomic mass is 32.1. The summed E-state index contributed by atoms with van der Waals surface area (Å²) in [5.41, 5.74) is 2.76. The second-order valence-corrected chi connectivity index (χ2v) is 8.12. The fraction of sp³-hybridized carbons (Fsp3) is 0.208. The Hall–Kier alpha value is -3.45. The van der Waals surface area contributed by atoms with E-state index >= 15 is 0 Å². The maximum atomic E-state index is 12.8. The Balaban J connectivity index is 1.39. The van der Waals surface area contributed by atoms with Crippen molar-refractivity contribution >= 4 is 17.1 Å². The standard InChI is InChI=1S/C24H23N3O3S/c1-17-14-22(18(2)27(17)12-9-21-8-4-13-31-21)23(28)16-29-19-6-3-7-20(15-19)30-24-25-10-5-11-26-24/h3-8,10-11,13-15H,9,12,16H2,1-2H3. The van der Waals surface area contributed by atoms with Crippen molar-refractivity contribution in [3.8, 4) is 17.5 Å². The summed E-state index contributed by atoms with van der Waals surface area (Å²) >= 11 is 1.76. The molecular weight excluding hydrogens is 410 g/mol. The van der Waals surface area contributed by atoms with Crippen molar-refractivity contribution in [1.29, 1.82) is 0 Å². The second kappa shape index (κ2) is 9.57. The molecule has 0 bridgehead atoms. The molecule has 0 spiro atoms. The van der Waals surface area contributed by atoms with Crippen molar-refractivity contribution in [3.05, 3.63) is 88.1 Å². The van der Waals surface area contributed by atoms with E-state index in [0.717, 1.165) is 24.4 Å². The lowest BCUT2D eigenvalue weighted by molar-refractivity contribution is 0.0920. The van der Waals surface area contributed by atoms with Crippen LogP contribution in [0.25, 0.3) is 0 Å². The predicted molar refractivity (Wildman–Crippen MR) is 120 cm³/mol. The highest BCUT2D eigenvalue weighted by molar-refractivity contribution is 7.09. The number of ketones is 1. The van der Waals surface area contributed by atoms with Crippen molar-refractivity contribution in [2.24, 2.45) is 0 Å². The number of rotatable bonds is 9. The number of aryl methyl sites for hydroxylation is 2. The summed E-state index contributed by atoms with van der Waals surface area (Å²) in [6, 6.07) is 15.2. The fourth-order valence-electron chi connectivity index (χ4n) is 3.40. The third-order valence-corrected chi connectivity index (χ3v) is 5.90. The molecule has 0 N–H and O–H groups in total. The van der Waals surface area contributed by atoms with Crippen LogP contribution in [0.15, 0.2) is 66.3 Å². The Bertz CT molecular complexity index is 1150. The van der Waals surface area contributed by atoms with Gasteiger partial charge < -0.3 is 14.0 Å². The van der Waals surface area contributed by atoms with E-state index < -0.39 is 0 Å². The predicted octanol–water partition coefficient (Wildman–Crippen LogP) is 5.25. The second-order valence-electron chi connectivity index (χ2n) is 7.09. The number of carbonyl (C=O) groups excluding carboxylic acids is 1. The number of nitrogens with zero attached hydrogens (tertiary/aromatic N) is 3. The topological polar surface area (TPSA) is 66.2 Å². The van der Waals surface area contributed by atoms with Crippen LogP contribution >= 0.6 is 11.3 Å². The minimum atomic E-state index is -0.0480. The number of benzene rings is 1. The molecule has 31 heavy (non-hydrogen) atoms. The quantitative estimate of drug-likeness (QED) is 0.337. The summed E-state index contributed by atoms with van der Waals surface area (Å²) < 4.78 is 13.6. The molecule has 1 aromatic carbocycles. The van der Waals surface area contributed by atoms with E-state index in [1.807, 2.05) is 19.9 Å². The molecular formula is C24H23N3O3S. The van der Waals surface area contributed by atoms with Crippen molar-refractivity contribution in [1.82, 2.24) is 14.5 Å². The van der Waals surface area contributed by atoms with Crippen LogP contribution in [0, 0.1) is 13.8 Å². The van der Waals surface area contributed by atoms with Crippen molar-refractivity contribution in [2.45, 2.75) is 26.8 Å². The van der Waals surface area contributed by atoms with Gasteiger partial charge in [-0.2, -0.15) is 0 Å². The van der Waals surface area contributed by atoms with Crippen molar-refractivity contribution < 1.29 is 14.3 Å². The van der Waals surface area contributed by atoms with Gasteiger partial charge in [-0.05, 0) is 56.0 Å². The van der Waals surface area contributed by atoms with Gasteiger partial charge in [0.25, 0.3) is 0 Å². The van der Waals surface area contributed by atoms with E-state index in [9.17, 15) is 4.79 Å². The number of hydrogen-bond donors (Lipinski definition) is 0. The Kier molecular flexibility index (Phi) is 6.43. The molecule has 0 aliphatic rings. The number of aromatic nitrogens is 3. The van der Waals surface area contributed by atoms with Gasteiger partial charge in [0.1, 0.15) is 11.5 Å². The van der Waals surface area contributed by atoms with Crippen LogP contribution in [0.1, 0.15) is 26.6 Å². The molecule has 0 radical (unpaired) electrons. The minimum absolute atomic E-state index is 0.0412. The van der Waals surface area contributed by atoms with Crippen LogP contribution in [0.4, 0.5) is 0 Å². The molecule has 0 saturated heterocycles. The Morgan fingerprint density at radius 1 is 1.03 bits per heavy atom. The molecule has 0 unspecified atom stereocenters. The molecule has 0 amide bonds. The average molecular weight is 434 g/mol. The molecule has 158 valence electrons. The van der Waals surface area contributed by atoms with E-state index in [2.05, 4.69) is 32.0 Å². The van der Waals surface area contributed by atoms with Gasteiger partial charge in [-0.1, -0.05) is 12.1 Å². The first-order valence-corrected chi connectivity index (χ1v) is 10.9. The molecule has 6 nitrogen and oxygen atoms in total. The molecule has 0 saturated carbocycles. The lowest BCUT2D eigenvalue weighted by Crippen LogP contribution is -2.13. The van der Waals surface area contributed by atoms with Gasteiger partial charge in [0.2, 0.25) is 5.78 Å². The van der Waals surface area contributed by atoms with Gasteiger partial charge >= 0.3 is 6.01 Å². The van der Waals surface area contributed by atoms with Gasteiger partial charge in [-0.3, -0.25) is 4.79 Å². The van der Waals surface area contributed by atoms with Crippen LogP contribution < -0.4 is 9.47 Å². The number of ether oxygens (including phenoxy) is 2. The first-order valence-electron chi connectivity index (χ1n) is 10.00. The molecule has 0 aliphatic heterocycles. The Morgan fingerprint density at radius 2 is 1.84 bits per heavy atom. The number of thiophene rings is 1. The summed E-state index contributed by atoms with van der Waals surface area (Å²) in [4.78, 5) is 22.2. The van der Waals surface area contributed by atoms with E-state index in [1.165, 1.54) is 4.88 Å². The maximum absolute atomic E-state index is 12.8. The molecule has 3 heterocycles. The van der Waals surface area contributed by atoms with Crippen LogP contribution in [-0.4, -0.2) is 26.9 Å². The normalized spacial score (nSPS) is 10.8. The average Bonchev–Trinajstić information content (AvgIpc) is 3.39. The minimum Gasteiger partial charge on any atom is -0.485 e. The maximum Gasteiger partial charge on any atom is 0.321 e. The zero-order chi connectivity index (χ0) is 21.6. The molecule has 3 aromatic heterocycles. The van der Waals surface area contributed by atoms with E-state index in [0.29, 0.717) is 17.1 Å². The van der Waals surface area contributed by atoms with E-state index in [1.54, 1.807) is 54.1 Å². The molecule has 4 aromatic rings. The smallest absolute Gasteiger partial charge is 0.321 e. The summed E-state index contributed by atoms with van der Waals surface area (Å²) in [5, 5.41) is 2.09. The molecule has 0 fully saturated rings. The summed E-state index contributed by atoms with van der Waals surface area (Å²) in [6.07, 6.45) is 4.17. The van der Waals surface area contributed by atoms with Gasteiger partial charge in [0.05, 0.1) is 0 Å². The van der Waals surface area contributed by atoms with Crippen LogP contribution in [0.5, 0.6) is 17.5 Å².